The number of hydrogen-bond acceptors (Lipinski definition) is 8. The molecule has 0 aromatic heterocycles. The summed E-state index contributed by atoms with van der Waals surface area (Å²) in [6, 6.07) is 26.8. The monoisotopic (exact) mass is 877 g/mol. The summed E-state index contributed by atoms with van der Waals surface area (Å²) < 4.78 is 12.5. The lowest BCUT2D eigenvalue weighted by Crippen LogP contribution is -2.24. The molecule has 8 heteroatoms. The first-order valence-electron chi connectivity index (χ1n) is 24.7. The molecule has 8 rings (SSSR count). The average Bonchev–Trinajstić information content (AvgIpc) is 3.33. The molecule has 8 nitrogen and oxygen atoms in total. The van der Waals surface area contributed by atoms with E-state index >= 15 is 0 Å². The van der Waals surface area contributed by atoms with Crippen molar-refractivity contribution in [3.8, 4) is 34.5 Å². The quantitative estimate of drug-likeness (QED) is 0.0381. The predicted molar refractivity (Wildman–Crippen MR) is 262 cm³/mol. The molecular formula is C57H68N2O6. The van der Waals surface area contributed by atoms with Crippen LogP contribution in [0.5, 0.6) is 34.5 Å². The SMILES string of the molecule is CCCCCCCCCc1ccc(Nc2cc(Oc3ccc(C4CCC(CC)CC4)cc3)c(O)c3c2C(=O)c2c(O)c(Oc4ccc(C5CCC(CC)CC5)cc4)cc(N)c2C3=O)cc1. The number of fused-ring (bicyclic) bond motifs is 2. The maximum absolute atomic E-state index is 14.8. The van der Waals surface area contributed by atoms with E-state index in [1.807, 2.05) is 36.4 Å². The summed E-state index contributed by atoms with van der Waals surface area (Å²) in [5.41, 5.74) is 10.4. The van der Waals surface area contributed by atoms with Crippen LogP contribution >= 0.6 is 0 Å². The number of ether oxygens (including phenoxy) is 2. The minimum atomic E-state index is -0.704. The first kappa shape index (κ1) is 45.8. The minimum absolute atomic E-state index is 0.00668. The number of hydrogen-bond donors (Lipinski definition) is 4. The molecule has 0 atom stereocenters. The number of phenolic OH excluding ortho intramolecular Hbond substituents is 2. The molecule has 2 fully saturated rings. The van der Waals surface area contributed by atoms with Gasteiger partial charge in [-0.05, 0) is 141 Å². The second kappa shape index (κ2) is 21.0. The van der Waals surface area contributed by atoms with Crippen molar-refractivity contribution in [2.45, 2.75) is 148 Å². The van der Waals surface area contributed by atoms with Crippen molar-refractivity contribution in [3.63, 3.8) is 0 Å². The summed E-state index contributed by atoms with van der Waals surface area (Å²) in [6.07, 6.45) is 21.7. The first-order chi connectivity index (χ1) is 31.6. The lowest BCUT2D eigenvalue weighted by molar-refractivity contribution is 0.0974. The molecular weight excluding hydrogens is 809 g/mol. The van der Waals surface area contributed by atoms with Crippen LogP contribution in [0.4, 0.5) is 17.1 Å². The summed E-state index contributed by atoms with van der Waals surface area (Å²) >= 11 is 0. The Morgan fingerprint density at radius 3 is 1.52 bits per heavy atom. The Hall–Kier alpha value is -5.76. The molecule has 0 amide bonds. The van der Waals surface area contributed by atoms with E-state index < -0.39 is 23.1 Å². The second-order valence-corrected chi connectivity index (χ2v) is 19.0. The summed E-state index contributed by atoms with van der Waals surface area (Å²) in [7, 11) is 0. The number of anilines is 3. The van der Waals surface area contributed by atoms with Crippen molar-refractivity contribution >= 4 is 28.6 Å². The number of rotatable bonds is 18. The van der Waals surface area contributed by atoms with Crippen LogP contribution in [-0.2, 0) is 6.42 Å². The van der Waals surface area contributed by atoms with Gasteiger partial charge in [0.15, 0.2) is 23.0 Å². The topological polar surface area (TPSA) is 131 Å². The highest BCUT2D eigenvalue weighted by atomic mass is 16.5. The molecule has 2 saturated carbocycles. The third-order valence-electron chi connectivity index (χ3n) is 14.8. The van der Waals surface area contributed by atoms with Crippen LogP contribution in [-0.4, -0.2) is 21.8 Å². The highest BCUT2D eigenvalue weighted by Gasteiger charge is 2.40. The number of aromatic hydroxyl groups is 2. The molecule has 0 bridgehead atoms. The number of nitrogen functional groups attached to an aromatic ring is 1. The molecule has 0 spiro atoms. The molecule has 65 heavy (non-hydrogen) atoms. The number of carbonyl (C=O) groups is 2. The van der Waals surface area contributed by atoms with E-state index in [0.717, 1.165) is 50.4 Å². The van der Waals surface area contributed by atoms with Gasteiger partial charge in [-0.25, -0.2) is 0 Å². The number of unbranched alkanes of at least 4 members (excludes halogenated alkanes) is 6. The van der Waals surface area contributed by atoms with Crippen LogP contribution in [0, 0.1) is 11.8 Å². The normalized spacial score (nSPS) is 19.4. The zero-order valence-corrected chi connectivity index (χ0v) is 38.7. The van der Waals surface area contributed by atoms with Gasteiger partial charge in [-0.1, -0.05) is 109 Å². The third kappa shape index (κ3) is 10.4. The molecule has 0 radical (unpaired) electrons. The molecule has 0 saturated heterocycles. The van der Waals surface area contributed by atoms with Gasteiger partial charge in [0.25, 0.3) is 0 Å². The Balaban J connectivity index is 1.08. The van der Waals surface area contributed by atoms with Gasteiger partial charge in [-0.3, -0.25) is 9.59 Å². The minimum Gasteiger partial charge on any atom is -0.504 e. The van der Waals surface area contributed by atoms with Crippen molar-refractivity contribution in [1.82, 2.24) is 0 Å². The predicted octanol–water partition coefficient (Wildman–Crippen LogP) is 15.4. The smallest absolute Gasteiger partial charge is 0.200 e. The zero-order chi connectivity index (χ0) is 45.5. The van der Waals surface area contributed by atoms with Crippen molar-refractivity contribution in [2.75, 3.05) is 11.1 Å². The van der Waals surface area contributed by atoms with Gasteiger partial charge in [0.1, 0.15) is 11.5 Å². The van der Waals surface area contributed by atoms with Crippen LogP contribution in [0.3, 0.4) is 0 Å². The second-order valence-electron chi connectivity index (χ2n) is 19.0. The molecule has 3 aliphatic carbocycles. The molecule has 0 heterocycles. The fourth-order valence-electron chi connectivity index (χ4n) is 10.6. The van der Waals surface area contributed by atoms with Crippen molar-refractivity contribution < 1.29 is 29.3 Å². The summed E-state index contributed by atoms with van der Waals surface area (Å²) in [5.74, 6) is 1.16. The number of aryl methyl sites for hydroxylation is 1. The number of phenols is 2. The molecule has 342 valence electrons. The Labute approximate surface area is 386 Å². The van der Waals surface area contributed by atoms with Gasteiger partial charge >= 0.3 is 0 Å². The van der Waals surface area contributed by atoms with Crippen LogP contribution in [0.2, 0.25) is 0 Å². The van der Waals surface area contributed by atoms with Crippen LogP contribution in [0.25, 0.3) is 0 Å². The maximum atomic E-state index is 14.8. The van der Waals surface area contributed by atoms with Crippen LogP contribution < -0.4 is 20.5 Å². The van der Waals surface area contributed by atoms with E-state index in [1.54, 1.807) is 6.07 Å². The fourth-order valence-corrected chi connectivity index (χ4v) is 10.6. The fraction of sp³-hybridized carbons (Fsp3) is 0.439. The number of nitrogens with two attached hydrogens (primary N) is 1. The lowest BCUT2D eigenvalue weighted by Gasteiger charge is -2.28. The lowest BCUT2D eigenvalue weighted by atomic mass is 9.78. The van der Waals surface area contributed by atoms with E-state index in [2.05, 4.69) is 62.5 Å². The van der Waals surface area contributed by atoms with Crippen LogP contribution in [0.15, 0.2) is 84.9 Å². The van der Waals surface area contributed by atoms with Gasteiger partial charge in [-0.2, -0.15) is 0 Å². The maximum Gasteiger partial charge on any atom is 0.200 e. The van der Waals surface area contributed by atoms with E-state index in [0.29, 0.717) is 29.0 Å². The standard InChI is InChI=1S/C57H68N2O6/c1-4-7-8-9-10-11-12-13-38-18-28-43(29-19-38)59-47-35-49(65-45-32-26-42(27-33-45)40-22-16-37(6-3)17-23-40)55(61)53-51(47)57(63)52-50(56(53)62)46(58)34-48(54(52)60)64-44-30-24-41(25-31-44)39-20-14-36(5-2)15-21-39/h18-19,24-37,39-40,59-61H,4-17,20-23,58H2,1-3H3. The van der Waals surface area contributed by atoms with Crippen molar-refractivity contribution in [3.05, 3.63) is 124 Å². The third-order valence-corrected chi connectivity index (χ3v) is 14.8. The van der Waals surface area contributed by atoms with E-state index in [9.17, 15) is 19.8 Å². The van der Waals surface area contributed by atoms with Gasteiger partial charge < -0.3 is 30.7 Å². The molecule has 5 N–H and O–H groups in total. The van der Waals surface area contributed by atoms with Crippen molar-refractivity contribution in [2.24, 2.45) is 11.8 Å². The molecule has 5 aromatic rings. The largest absolute Gasteiger partial charge is 0.504 e. The summed E-state index contributed by atoms with van der Waals surface area (Å²) in [6.45, 7) is 6.77. The van der Waals surface area contributed by atoms with Gasteiger partial charge in [0.2, 0.25) is 11.6 Å². The number of carbonyl (C=O) groups excluding carboxylic acids is 2. The van der Waals surface area contributed by atoms with E-state index in [-0.39, 0.29) is 45.1 Å². The first-order valence-corrected chi connectivity index (χ1v) is 24.7. The Morgan fingerprint density at radius 1 is 0.554 bits per heavy atom. The molecule has 5 aromatic carbocycles. The zero-order valence-electron chi connectivity index (χ0n) is 38.7. The molecule has 3 aliphatic rings. The Morgan fingerprint density at radius 2 is 1.02 bits per heavy atom. The molecule has 0 unspecified atom stereocenters. The van der Waals surface area contributed by atoms with Crippen molar-refractivity contribution in [1.29, 1.82) is 0 Å². The summed E-state index contributed by atoms with van der Waals surface area (Å²) in [5, 5.41) is 27.1. The summed E-state index contributed by atoms with van der Waals surface area (Å²) in [4.78, 5) is 29.5. The average molecular weight is 877 g/mol. The van der Waals surface area contributed by atoms with E-state index in [4.69, 9.17) is 15.2 Å². The molecule has 0 aliphatic heterocycles. The van der Waals surface area contributed by atoms with E-state index in [1.165, 1.54) is 99.8 Å². The Kier molecular flexibility index (Phi) is 14.8. The number of nitrogens with one attached hydrogen (secondary N) is 1. The highest BCUT2D eigenvalue weighted by molar-refractivity contribution is 6.34. The van der Waals surface area contributed by atoms with Gasteiger partial charge in [0.05, 0.1) is 27.9 Å². The number of ketones is 2. The number of benzene rings is 5. The Bertz CT molecular complexity index is 2420. The highest BCUT2D eigenvalue weighted by Crippen LogP contribution is 2.50. The van der Waals surface area contributed by atoms with Gasteiger partial charge in [0, 0.05) is 23.5 Å². The van der Waals surface area contributed by atoms with Crippen LogP contribution in [0.1, 0.15) is 190 Å². The van der Waals surface area contributed by atoms with Gasteiger partial charge in [-0.15, -0.1) is 0 Å².